The molecule has 3 saturated heterocycles. The zero-order chi connectivity index (χ0) is 42.3. The van der Waals surface area contributed by atoms with Gasteiger partial charge in [-0.25, -0.2) is 22.5 Å². The number of amides is 1. The van der Waals surface area contributed by atoms with Gasteiger partial charge in [-0.3, -0.25) is 9.69 Å². The van der Waals surface area contributed by atoms with Gasteiger partial charge in [0.1, 0.15) is 23.4 Å². The van der Waals surface area contributed by atoms with Crippen molar-refractivity contribution in [2.75, 3.05) is 60.9 Å². The molecule has 4 heterocycles. The van der Waals surface area contributed by atoms with Gasteiger partial charge in [0.05, 0.1) is 10.5 Å². The number of nitrogens with zero attached hydrogens (tertiary/aromatic N) is 5. The minimum absolute atomic E-state index is 0.00922. The normalized spacial score (nSPS) is 26.2. The van der Waals surface area contributed by atoms with Crippen LogP contribution in [0.4, 0.5) is 40.7 Å². The number of benzene rings is 2. The highest BCUT2D eigenvalue weighted by Crippen LogP contribution is 2.39. The Morgan fingerprint density at radius 2 is 1.71 bits per heavy atom. The van der Waals surface area contributed by atoms with E-state index in [4.69, 9.17) is 0 Å². The third-order valence-corrected chi connectivity index (χ3v) is 13.8. The number of aliphatic hydroxyl groups is 2. The second-order valence-corrected chi connectivity index (χ2v) is 18.7. The minimum Gasteiger partial charge on any atom is -0.388 e. The van der Waals surface area contributed by atoms with Crippen LogP contribution in [-0.4, -0.2) is 103 Å². The Hall–Kier alpha value is -4.10. The second-order valence-electron chi connectivity index (χ2n) is 17.0. The Kier molecular flexibility index (Phi) is 12.5. The van der Waals surface area contributed by atoms with Crippen molar-refractivity contribution in [1.29, 1.82) is 0 Å². The molecular formula is C41H54F4N8O5S. The first-order valence-electron chi connectivity index (χ1n) is 20.4. The molecule has 7 rings (SSSR count). The lowest BCUT2D eigenvalue weighted by Gasteiger charge is -2.39. The van der Waals surface area contributed by atoms with Gasteiger partial charge in [-0.2, -0.15) is 18.2 Å². The number of rotatable bonds is 10. The van der Waals surface area contributed by atoms with Crippen LogP contribution in [-0.2, 0) is 21.0 Å². The molecule has 4 fully saturated rings. The predicted molar refractivity (Wildman–Crippen MR) is 216 cm³/mol. The Bertz CT molecular complexity index is 2120. The molecule has 3 aliphatic heterocycles. The number of hydrogen-bond donors (Lipinski definition) is 5. The molecule has 13 nitrogen and oxygen atoms in total. The fourth-order valence-corrected chi connectivity index (χ4v) is 10.4. The van der Waals surface area contributed by atoms with E-state index in [1.165, 1.54) is 17.0 Å². The van der Waals surface area contributed by atoms with Crippen molar-refractivity contribution < 1.29 is 41.0 Å². The summed E-state index contributed by atoms with van der Waals surface area (Å²) in [5.41, 5.74) is 1.00. The molecule has 3 atom stereocenters. The van der Waals surface area contributed by atoms with Crippen molar-refractivity contribution in [3.05, 3.63) is 64.6 Å². The molecule has 1 aromatic heterocycles. The van der Waals surface area contributed by atoms with E-state index in [9.17, 15) is 36.6 Å². The third kappa shape index (κ3) is 10.1. The van der Waals surface area contributed by atoms with Gasteiger partial charge in [0, 0.05) is 81.8 Å². The molecule has 4 aliphatic rings. The van der Waals surface area contributed by atoms with E-state index in [1.54, 1.807) is 32.0 Å². The molecule has 1 amide bonds. The Labute approximate surface area is 342 Å². The number of aromatic nitrogens is 2. The smallest absolute Gasteiger partial charge is 0.388 e. The monoisotopic (exact) mass is 846 g/mol. The van der Waals surface area contributed by atoms with E-state index in [1.807, 2.05) is 6.92 Å². The third-order valence-electron chi connectivity index (χ3n) is 12.3. The van der Waals surface area contributed by atoms with Crippen LogP contribution in [0.2, 0.25) is 0 Å². The SMILES string of the molecule is Cc1cc(S(=O)(=O)NC2CCC(CN3CCN(c4cc(F)c(C5CCC(=O)NC5O)cc4C)CC3)CC2)ccc1Nc1ncc(C(F)(F)F)c(N2CCC[C@](C)(O)C2)n1. The van der Waals surface area contributed by atoms with Gasteiger partial charge >= 0.3 is 6.18 Å². The second kappa shape index (κ2) is 17.1. The molecule has 0 bridgehead atoms. The van der Waals surface area contributed by atoms with Gasteiger partial charge in [0.15, 0.2) is 0 Å². The molecule has 1 aliphatic carbocycles. The zero-order valence-corrected chi connectivity index (χ0v) is 34.5. The van der Waals surface area contributed by atoms with Crippen molar-refractivity contribution in [1.82, 2.24) is 24.9 Å². The van der Waals surface area contributed by atoms with Gasteiger partial charge in [-0.05, 0) is 113 Å². The number of carbonyl (C=O) groups is 1. The number of aliphatic hydroxyl groups excluding tert-OH is 1. The molecule has 1 saturated carbocycles. The lowest BCUT2D eigenvalue weighted by molar-refractivity contribution is -0.137. The van der Waals surface area contributed by atoms with Crippen LogP contribution in [0.25, 0.3) is 0 Å². The molecule has 0 radical (unpaired) electrons. The zero-order valence-electron chi connectivity index (χ0n) is 33.7. The first kappa shape index (κ1) is 43.0. The van der Waals surface area contributed by atoms with E-state index < -0.39 is 39.5 Å². The summed E-state index contributed by atoms with van der Waals surface area (Å²) in [7, 11) is -3.86. The standard InChI is InChI=1S/C41H54F4N8O5S/c1-25-19-29(9-11-34(25)47-39-46-22-32(41(43,44)45)37(49-39)53-14-4-13-40(3,56)24-53)59(57,58)50-28-7-5-27(6-8-28)23-51-15-17-52(18-16-51)35-21-33(42)31(20-26(35)2)30-10-12-36(54)48-38(30)55/h9,11,19-22,27-28,30,38,50,55-56H,4-8,10,12-18,23-24H2,1-3H3,(H,48,54)(H,46,47,49)/t27?,28?,30?,38?,40-/m0/s1. The molecule has 18 heteroatoms. The van der Waals surface area contributed by atoms with Gasteiger partial charge in [0.25, 0.3) is 0 Å². The summed E-state index contributed by atoms with van der Waals surface area (Å²) in [6.45, 7) is 9.54. The van der Waals surface area contributed by atoms with E-state index in [0.717, 1.165) is 63.0 Å². The number of aryl methyl sites for hydroxylation is 2. The maximum atomic E-state index is 15.3. The number of sulfonamides is 1. The van der Waals surface area contributed by atoms with E-state index >= 15 is 4.39 Å². The Morgan fingerprint density at radius 1 is 0.983 bits per heavy atom. The lowest BCUT2D eigenvalue weighted by atomic mass is 9.86. The van der Waals surface area contributed by atoms with Crippen molar-refractivity contribution in [2.24, 2.45) is 5.92 Å². The fourth-order valence-electron chi connectivity index (χ4n) is 9.05. The number of alkyl halides is 3. The number of nitrogens with one attached hydrogen (secondary N) is 3. The van der Waals surface area contributed by atoms with Crippen molar-refractivity contribution in [3.63, 3.8) is 0 Å². The molecule has 322 valence electrons. The van der Waals surface area contributed by atoms with Gasteiger partial charge in [-0.1, -0.05) is 6.07 Å². The van der Waals surface area contributed by atoms with E-state index in [2.05, 4.69) is 35.1 Å². The number of halogens is 4. The Balaban J connectivity index is 0.897. The number of piperidine rings is 2. The molecule has 3 aromatic rings. The van der Waals surface area contributed by atoms with Gasteiger partial charge < -0.3 is 30.6 Å². The summed E-state index contributed by atoms with van der Waals surface area (Å²) >= 11 is 0. The summed E-state index contributed by atoms with van der Waals surface area (Å²) in [6.07, 6.45) is -0.319. The average Bonchev–Trinajstić information content (AvgIpc) is 3.17. The predicted octanol–water partition coefficient (Wildman–Crippen LogP) is 5.32. The van der Waals surface area contributed by atoms with Crippen molar-refractivity contribution >= 4 is 39.1 Å². The minimum atomic E-state index is -4.70. The van der Waals surface area contributed by atoms with Crippen molar-refractivity contribution in [3.8, 4) is 0 Å². The Morgan fingerprint density at radius 3 is 2.37 bits per heavy atom. The first-order chi connectivity index (χ1) is 27.8. The van der Waals surface area contributed by atoms with Crippen LogP contribution in [0.1, 0.15) is 86.5 Å². The number of anilines is 4. The molecule has 2 unspecified atom stereocenters. The van der Waals surface area contributed by atoms with Crippen LogP contribution < -0.4 is 25.2 Å². The quantitative estimate of drug-likeness (QED) is 0.168. The van der Waals surface area contributed by atoms with E-state index in [0.29, 0.717) is 61.4 Å². The largest absolute Gasteiger partial charge is 0.421 e. The van der Waals surface area contributed by atoms with Crippen LogP contribution >= 0.6 is 0 Å². The maximum Gasteiger partial charge on any atom is 0.421 e. The summed E-state index contributed by atoms with van der Waals surface area (Å²) in [4.78, 5) is 25.9. The first-order valence-corrected chi connectivity index (χ1v) is 21.9. The summed E-state index contributed by atoms with van der Waals surface area (Å²) in [6, 6.07) is 7.63. The van der Waals surface area contributed by atoms with Crippen molar-refractivity contribution in [2.45, 2.75) is 107 Å². The van der Waals surface area contributed by atoms with Crippen LogP contribution in [0.15, 0.2) is 41.4 Å². The number of carbonyl (C=O) groups excluding carboxylic acids is 1. The highest BCUT2D eigenvalue weighted by Gasteiger charge is 2.40. The molecule has 2 aromatic carbocycles. The molecule has 5 N–H and O–H groups in total. The van der Waals surface area contributed by atoms with Crippen LogP contribution in [0, 0.1) is 25.6 Å². The van der Waals surface area contributed by atoms with E-state index in [-0.39, 0.29) is 47.4 Å². The highest BCUT2D eigenvalue weighted by molar-refractivity contribution is 7.89. The van der Waals surface area contributed by atoms with Crippen LogP contribution in [0.5, 0.6) is 0 Å². The lowest BCUT2D eigenvalue weighted by Crippen LogP contribution is -2.48. The topological polar surface area (TPSA) is 163 Å². The number of hydrogen-bond acceptors (Lipinski definition) is 11. The van der Waals surface area contributed by atoms with Crippen LogP contribution in [0.3, 0.4) is 0 Å². The average molecular weight is 847 g/mol. The summed E-state index contributed by atoms with van der Waals surface area (Å²) in [5, 5.41) is 26.3. The number of β-amino-alcohol motifs (C(OH)–C–C–N with tert-alkyl or cyclic N) is 1. The van der Waals surface area contributed by atoms with Gasteiger partial charge in [-0.15, -0.1) is 0 Å². The summed E-state index contributed by atoms with van der Waals surface area (Å²) in [5.74, 6) is -1.08. The maximum absolute atomic E-state index is 15.3. The fraction of sp³-hybridized carbons (Fsp3) is 0.585. The molecule has 0 spiro atoms. The van der Waals surface area contributed by atoms with Gasteiger partial charge in [0.2, 0.25) is 21.9 Å². The molecular weight excluding hydrogens is 793 g/mol. The summed E-state index contributed by atoms with van der Waals surface area (Å²) < 4.78 is 87.0. The highest BCUT2D eigenvalue weighted by atomic mass is 32.2. The number of piperazine rings is 1. The molecule has 59 heavy (non-hydrogen) atoms.